The van der Waals surface area contributed by atoms with E-state index >= 15 is 0 Å². The third kappa shape index (κ3) is 3.17. The molecule has 0 spiro atoms. The SMILES string of the molecule is O=C([O-])c1c(Cl)c(O)c(OCl)c(OCl)c1Cl.[Na+]. The zero-order valence-electron chi connectivity index (χ0n) is 8.09. The molecule has 0 aliphatic heterocycles. The van der Waals surface area contributed by atoms with Gasteiger partial charge in [-0.05, 0) is 0 Å². The van der Waals surface area contributed by atoms with Gasteiger partial charge in [-0.25, -0.2) is 0 Å². The summed E-state index contributed by atoms with van der Waals surface area (Å²) in [5.74, 6) is -3.49. The molecule has 0 aliphatic rings. The molecule has 0 heterocycles. The number of aromatic hydroxyl groups is 1. The fraction of sp³-hybridized carbons (Fsp3) is 0. The molecule has 1 N–H and O–H groups in total. The second-order valence-corrected chi connectivity index (χ2v) is 3.52. The predicted molar refractivity (Wildman–Crippen MR) is 55.4 cm³/mol. The Hall–Kier alpha value is 0.250. The minimum absolute atomic E-state index is 0. The molecule has 5 nitrogen and oxygen atoms in total. The van der Waals surface area contributed by atoms with Crippen molar-refractivity contribution in [1.82, 2.24) is 0 Å². The molecule has 1 aromatic rings. The van der Waals surface area contributed by atoms with Gasteiger partial charge in [0.25, 0.3) is 0 Å². The topological polar surface area (TPSA) is 78.8 Å². The number of carboxylic acids is 1. The second kappa shape index (κ2) is 6.99. The van der Waals surface area contributed by atoms with Crippen LogP contribution in [0, 0.1) is 0 Å². The van der Waals surface area contributed by atoms with Crippen LogP contribution in [0.5, 0.6) is 17.2 Å². The Morgan fingerprint density at radius 1 is 1.12 bits per heavy atom. The van der Waals surface area contributed by atoms with E-state index in [-0.39, 0.29) is 29.6 Å². The van der Waals surface area contributed by atoms with Crippen LogP contribution in [0.3, 0.4) is 0 Å². The minimum Gasteiger partial charge on any atom is -0.545 e. The van der Waals surface area contributed by atoms with Crippen molar-refractivity contribution in [3.63, 3.8) is 0 Å². The van der Waals surface area contributed by atoms with Crippen molar-refractivity contribution in [3.8, 4) is 17.2 Å². The summed E-state index contributed by atoms with van der Waals surface area (Å²) in [6, 6.07) is 0. The van der Waals surface area contributed by atoms with Crippen molar-refractivity contribution >= 4 is 52.9 Å². The van der Waals surface area contributed by atoms with Crippen LogP contribution in [0.2, 0.25) is 10.0 Å². The molecule has 1 rings (SSSR count). The number of carboxylic acid groups (broad SMARTS) is 1. The molecule has 0 saturated carbocycles. The molecule has 0 radical (unpaired) electrons. The maximum atomic E-state index is 10.7. The first-order valence-corrected chi connectivity index (χ1v) is 4.85. The number of benzene rings is 1. The smallest absolute Gasteiger partial charge is 0.545 e. The van der Waals surface area contributed by atoms with E-state index < -0.39 is 38.8 Å². The molecule has 0 saturated heterocycles. The quantitative estimate of drug-likeness (QED) is 0.729. The van der Waals surface area contributed by atoms with E-state index in [4.69, 9.17) is 46.9 Å². The van der Waals surface area contributed by atoms with Crippen LogP contribution in [0.15, 0.2) is 0 Å². The molecule has 0 aromatic heterocycles. The van der Waals surface area contributed by atoms with Crippen LogP contribution in [0.1, 0.15) is 10.4 Å². The van der Waals surface area contributed by atoms with Gasteiger partial charge in [-0.1, -0.05) is 23.2 Å². The van der Waals surface area contributed by atoms with Gasteiger partial charge >= 0.3 is 29.6 Å². The van der Waals surface area contributed by atoms with Crippen LogP contribution in [0.25, 0.3) is 0 Å². The monoisotopic (exact) mass is 328 g/mol. The third-order valence-corrected chi connectivity index (χ3v) is 2.66. The first-order valence-electron chi connectivity index (χ1n) is 3.48. The predicted octanol–water partition coefficient (Wildman–Crippen LogP) is -0.868. The number of rotatable bonds is 3. The summed E-state index contributed by atoms with van der Waals surface area (Å²) in [7, 11) is 0. The molecule has 10 heteroatoms. The summed E-state index contributed by atoms with van der Waals surface area (Å²) < 4.78 is 8.41. The molecule has 0 amide bonds. The molecule has 0 unspecified atom stereocenters. The van der Waals surface area contributed by atoms with E-state index in [0.717, 1.165) is 0 Å². The molecule has 0 atom stereocenters. The number of hydrogen-bond acceptors (Lipinski definition) is 5. The van der Waals surface area contributed by atoms with Crippen molar-refractivity contribution in [2.75, 3.05) is 0 Å². The Balaban J connectivity index is 0.00000256. The number of aromatic carboxylic acids is 1. The fourth-order valence-electron chi connectivity index (χ4n) is 0.955. The number of halogens is 4. The van der Waals surface area contributed by atoms with Gasteiger partial charge in [0.1, 0.15) is 23.7 Å². The summed E-state index contributed by atoms with van der Waals surface area (Å²) in [6.07, 6.45) is 0. The molecular formula is C7HCl4NaO5. The Morgan fingerprint density at radius 3 is 1.94 bits per heavy atom. The Kier molecular flexibility index (Phi) is 7.09. The third-order valence-electron chi connectivity index (χ3n) is 1.63. The van der Waals surface area contributed by atoms with Gasteiger partial charge in [0.05, 0.1) is 16.0 Å². The summed E-state index contributed by atoms with van der Waals surface area (Å²) in [5, 5.41) is 19.0. The molecule has 1 aromatic carbocycles. The average Bonchev–Trinajstić information content (AvgIpc) is 2.22. The summed E-state index contributed by atoms with van der Waals surface area (Å²) >= 11 is 21.2. The Bertz CT molecular complexity index is 453. The zero-order chi connectivity index (χ0) is 12.5. The summed E-state index contributed by atoms with van der Waals surface area (Å²) in [4.78, 5) is 10.7. The molecular weight excluding hydrogens is 329 g/mol. The van der Waals surface area contributed by atoms with E-state index in [1.54, 1.807) is 0 Å². The first kappa shape index (κ1) is 17.2. The van der Waals surface area contributed by atoms with Gasteiger partial charge in [0.2, 0.25) is 11.5 Å². The molecule has 0 aliphatic carbocycles. The Labute approximate surface area is 138 Å². The van der Waals surface area contributed by atoms with Gasteiger partial charge in [0.15, 0.2) is 5.75 Å². The summed E-state index contributed by atoms with van der Waals surface area (Å²) in [5.41, 5.74) is -0.686. The minimum atomic E-state index is -1.72. The molecule has 88 valence electrons. The number of phenols is 1. The van der Waals surface area contributed by atoms with Crippen LogP contribution in [-0.2, 0) is 0 Å². The Morgan fingerprint density at radius 2 is 1.59 bits per heavy atom. The van der Waals surface area contributed by atoms with E-state index in [1.165, 1.54) is 0 Å². The number of hydrogen-bond donors (Lipinski definition) is 1. The van der Waals surface area contributed by atoms with Crippen LogP contribution in [0.4, 0.5) is 0 Å². The van der Waals surface area contributed by atoms with Gasteiger partial charge < -0.3 is 23.6 Å². The van der Waals surface area contributed by atoms with Crippen molar-refractivity contribution in [3.05, 3.63) is 15.6 Å². The van der Waals surface area contributed by atoms with Crippen LogP contribution < -0.4 is 43.2 Å². The summed E-state index contributed by atoms with van der Waals surface area (Å²) in [6.45, 7) is 0. The van der Waals surface area contributed by atoms with Crippen molar-refractivity contribution in [1.29, 1.82) is 0 Å². The molecule has 0 fully saturated rings. The van der Waals surface area contributed by atoms with Crippen LogP contribution >= 0.6 is 46.9 Å². The van der Waals surface area contributed by atoms with E-state index in [0.29, 0.717) is 0 Å². The van der Waals surface area contributed by atoms with E-state index in [2.05, 4.69) is 8.58 Å². The number of carbonyl (C=O) groups excluding carboxylic acids is 1. The molecule has 0 bridgehead atoms. The largest absolute Gasteiger partial charge is 1.00 e. The average molecular weight is 330 g/mol. The maximum absolute atomic E-state index is 10.7. The zero-order valence-corrected chi connectivity index (χ0v) is 13.1. The maximum Gasteiger partial charge on any atom is 1.00 e. The molecule has 17 heavy (non-hydrogen) atoms. The van der Waals surface area contributed by atoms with Gasteiger partial charge in [-0.3, -0.25) is 0 Å². The fourth-order valence-corrected chi connectivity index (χ4v) is 1.89. The van der Waals surface area contributed by atoms with Crippen molar-refractivity contribution < 1.29 is 53.1 Å². The normalized spacial score (nSPS) is 9.41. The first-order chi connectivity index (χ1) is 7.45. The van der Waals surface area contributed by atoms with E-state index in [9.17, 15) is 15.0 Å². The van der Waals surface area contributed by atoms with Crippen molar-refractivity contribution in [2.45, 2.75) is 0 Å². The number of phenolic OH excluding ortho intramolecular Hbond substituents is 1. The number of carbonyl (C=O) groups is 1. The van der Waals surface area contributed by atoms with Gasteiger partial charge in [0, 0.05) is 5.56 Å². The standard InChI is InChI=1S/C7H2Cl4O5.Na/c8-2-1(7(13)14)3(9)5(15-10)6(16-11)4(2)12;/h12H,(H,13,14);/q;+1/p-1. The second-order valence-electron chi connectivity index (χ2n) is 2.45. The van der Waals surface area contributed by atoms with Gasteiger partial charge in [-0.15, -0.1) is 0 Å². The van der Waals surface area contributed by atoms with E-state index in [1.807, 2.05) is 0 Å². The van der Waals surface area contributed by atoms with Crippen molar-refractivity contribution in [2.24, 2.45) is 0 Å². The van der Waals surface area contributed by atoms with Gasteiger partial charge in [-0.2, -0.15) is 0 Å². The van der Waals surface area contributed by atoms with Crippen LogP contribution in [-0.4, -0.2) is 11.1 Å².